The molecule has 135 valence electrons. The molecule has 0 aliphatic carbocycles. The quantitative estimate of drug-likeness (QED) is 0.690. The van der Waals surface area contributed by atoms with E-state index >= 15 is 0 Å². The number of nitrogens with one attached hydrogen (secondary N) is 1. The van der Waals surface area contributed by atoms with Gasteiger partial charge in [0.15, 0.2) is 0 Å². The summed E-state index contributed by atoms with van der Waals surface area (Å²) >= 11 is 0. The molecule has 3 nitrogen and oxygen atoms in total. The Balaban J connectivity index is -0.0000000804. The monoisotopic (exact) mass is 405 g/mol. The van der Waals surface area contributed by atoms with Gasteiger partial charge in [-0.25, -0.2) is 9.18 Å². The summed E-state index contributed by atoms with van der Waals surface area (Å²) in [4.78, 5) is 12.3. The molecule has 1 rings (SSSR count). The summed E-state index contributed by atoms with van der Waals surface area (Å²) in [6.07, 6.45) is 0. The maximum atomic E-state index is 12.4. The maximum Gasteiger partial charge on any atom is 0.317 e. The van der Waals surface area contributed by atoms with Crippen LogP contribution in [0.1, 0.15) is 61.5 Å². The smallest absolute Gasteiger partial charge is 0.317 e. The molecule has 1 aromatic rings. The van der Waals surface area contributed by atoms with Crippen LogP contribution in [0.3, 0.4) is 0 Å². The van der Waals surface area contributed by atoms with Gasteiger partial charge in [-0.1, -0.05) is 48.3 Å². The second-order valence-corrected chi connectivity index (χ2v) is 5.20. The van der Waals surface area contributed by atoms with E-state index in [0.717, 1.165) is 0 Å². The predicted octanol–water partition coefficient (Wildman–Crippen LogP) is 5.52. The Labute approximate surface area is 169 Å². The second kappa shape index (κ2) is 17.9. The SMILES string of the molecule is C.C.C.CC(C)NC(=O)N(C)C.CC(C)c1ccc(F)cc1.[Y]. The minimum absolute atomic E-state index is 0. The minimum atomic E-state index is -0.163. The molecule has 0 spiro atoms. The van der Waals surface area contributed by atoms with Crippen molar-refractivity contribution in [1.29, 1.82) is 0 Å². The Hall–Kier alpha value is -0.476. The Morgan fingerprint density at radius 3 is 1.61 bits per heavy atom. The summed E-state index contributed by atoms with van der Waals surface area (Å²) in [5.41, 5.74) is 1.18. The first-order valence-corrected chi connectivity index (χ1v) is 6.47. The molecule has 0 saturated carbocycles. The minimum Gasteiger partial charge on any atom is -0.336 e. The van der Waals surface area contributed by atoms with Crippen LogP contribution in [0.25, 0.3) is 0 Å². The van der Waals surface area contributed by atoms with Crippen LogP contribution < -0.4 is 5.32 Å². The van der Waals surface area contributed by atoms with Crippen molar-refractivity contribution in [3.05, 3.63) is 35.6 Å². The summed E-state index contributed by atoms with van der Waals surface area (Å²) in [5.74, 6) is 0.324. The van der Waals surface area contributed by atoms with E-state index in [1.807, 2.05) is 26.0 Å². The van der Waals surface area contributed by atoms with Gasteiger partial charge in [-0.15, -0.1) is 0 Å². The van der Waals surface area contributed by atoms with Crippen molar-refractivity contribution < 1.29 is 41.9 Å². The number of urea groups is 1. The summed E-state index contributed by atoms with van der Waals surface area (Å²) in [6, 6.07) is 6.81. The van der Waals surface area contributed by atoms with Crippen molar-refractivity contribution in [2.24, 2.45) is 0 Å². The number of hydrogen-bond acceptors (Lipinski definition) is 1. The third-order valence-corrected chi connectivity index (χ3v) is 2.36. The zero-order valence-corrected chi connectivity index (χ0v) is 16.1. The largest absolute Gasteiger partial charge is 0.336 e. The number of hydrogen-bond donors (Lipinski definition) is 1. The molecule has 0 saturated heterocycles. The van der Waals surface area contributed by atoms with E-state index in [2.05, 4.69) is 19.2 Å². The van der Waals surface area contributed by atoms with E-state index in [4.69, 9.17) is 0 Å². The van der Waals surface area contributed by atoms with Gasteiger partial charge in [-0.05, 0) is 37.5 Å². The third-order valence-electron chi connectivity index (χ3n) is 2.36. The van der Waals surface area contributed by atoms with Crippen LogP contribution in [0.15, 0.2) is 24.3 Å². The number of carbonyl (C=O) groups excluding carboxylic acids is 1. The fraction of sp³-hybridized carbons (Fsp3) is 0.611. The third kappa shape index (κ3) is 17.7. The van der Waals surface area contributed by atoms with Crippen molar-refractivity contribution in [3.63, 3.8) is 0 Å². The molecule has 1 N–H and O–H groups in total. The van der Waals surface area contributed by atoms with Crippen molar-refractivity contribution in [2.45, 2.75) is 61.9 Å². The molecule has 0 heterocycles. The van der Waals surface area contributed by atoms with E-state index in [9.17, 15) is 9.18 Å². The number of nitrogens with zero attached hydrogens (tertiary/aromatic N) is 1. The molecule has 0 fully saturated rings. The first kappa shape index (κ1) is 34.0. The number of amides is 2. The van der Waals surface area contributed by atoms with Crippen LogP contribution >= 0.6 is 0 Å². The van der Waals surface area contributed by atoms with E-state index in [0.29, 0.717) is 5.92 Å². The van der Waals surface area contributed by atoms with E-state index in [-0.39, 0.29) is 72.9 Å². The zero-order chi connectivity index (χ0) is 15.0. The Morgan fingerprint density at radius 1 is 1.00 bits per heavy atom. The number of carbonyl (C=O) groups is 1. The number of benzene rings is 1. The molecule has 1 radical (unpaired) electrons. The van der Waals surface area contributed by atoms with E-state index < -0.39 is 0 Å². The molecule has 0 aliphatic rings. The predicted molar refractivity (Wildman–Crippen MR) is 98.0 cm³/mol. The van der Waals surface area contributed by atoms with Crippen LogP contribution in [0.2, 0.25) is 0 Å². The summed E-state index contributed by atoms with van der Waals surface area (Å²) in [6.45, 7) is 8.04. The Kier molecular flexibility index (Phi) is 26.4. The molecular formula is C18H37FN2OY. The fourth-order valence-corrected chi connectivity index (χ4v) is 1.22. The topological polar surface area (TPSA) is 32.3 Å². The van der Waals surface area contributed by atoms with Crippen molar-refractivity contribution >= 4 is 6.03 Å². The van der Waals surface area contributed by atoms with Gasteiger partial charge in [0.25, 0.3) is 0 Å². The van der Waals surface area contributed by atoms with Crippen LogP contribution in [0, 0.1) is 5.82 Å². The van der Waals surface area contributed by atoms with E-state index in [1.165, 1.54) is 22.6 Å². The average Bonchev–Trinajstić information content (AvgIpc) is 2.29. The zero-order valence-electron chi connectivity index (χ0n) is 13.3. The Morgan fingerprint density at radius 2 is 1.39 bits per heavy atom. The van der Waals surface area contributed by atoms with Gasteiger partial charge in [-0.3, -0.25) is 0 Å². The standard InChI is InChI=1S/C9H11F.C6H14N2O.3CH4.Y/c1-7(2)8-3-5-9(10)6-4-8;1-5(2)7-6(9)8(3)4;;;;/h3-7H,1-2H3;5H,1-4H3,(H,7,9);3*1H4;. The van der Waals surface area contributed by atoms with Crippen molar-refractivity contribution in [3.8, 4) is 0 Å². The normalized spacial score (nSPS) is 8.22. The summed E-state index contributed by atoms with van der Waals surface area (Å²) in [7, 11) is 3.44. The molecule has 1 aromatic carbocycles. The molecule has 5 heteroatoms. The second-order valence-electron chi connectivity index (χ2n) is 5.20. The molecule has 0 atom stereocenters. The van der Waals surface area contributed by atoms with Crippen molar-refractivity contribution in [1.82, 2.24) is 10.2 Å². The van der Waals surface area contributed by atoms with Crippen LogP contribution in [0.5, 0.6) is 0 Å². The van der Waals surface area contributed by atoms with Gasteiger partial charge in [0.2, 0.25) is 0 Å². The van der Waals surface area contributed by atoms with Crippen LogP contribution in [-0.4, -0.2) is 31.1 Å². The fourth-order valence-electron chi connectivity index (χ4n) is 1.22. The first-order chi connectivity index (χ1) is 8.73. The van der Waals surface area contributed by atoms with Gasteiger partial charge in [0.1, 0.15) is 5.82 Å². The molecule has 0 bridgehead atoms. The Bertz CT molecular complexity index is 379. The average molecular weight is 405 g/mol. The first-order valence-electron chi connectivity index (χ1n) is 6.47. The van der Waals surface area contributed by atoms with Crippen LogP contribution in [0.4, 0.5) is 9.18 Å². The molecular weight excluding hydrogens is 368 g/mol. The van der Waals surface area contributed by atoms with Gasteiger partial charge in [0.05, 0.1) is 0 Å². The molecule has 2 amide bonds. The maximum absolute atomic E-state index is 12.4. The summed E-state index contributed by atoms with van der Waals surface area (Å²) in [5, 5.41) is 2.73. The van der Waals surface area contributed by atoms with Crippen LogP contribution in [-0.2, 0) is 32.7 Å². The number of halogens is 1. The van der Waals surface area contributed by atoms with Crippen molar-refractivity contribution in [2.75, 3.05) is 14.1 Å². The summed E-state index contributed by atoms with van der Waals surface area (Å²) < 4.78 is 12.4. The van der Waals surface area contributed by atoms with Gasteiger partial charge in [0, 0.05) is 52.8 Å². The van der Waals surface area contributed by atoms with Gasteiger partial charge in [-0.2, -0.15) is 0 Å². The van der Waals surface area contributed by atoms with E-state index in [1.54, 1.807) is 14.1 Å². The molecule has 23 heavy (non-hydrogen) atoms. The van der Waals surface area contributed by atoms with Gasteiger partial charge >= 0.3 is 6.03 Å². The molecule has 0 aromatic heterocycles. The molecule has 0 unspecified atom stereocenters. The molecule has 0 aliphatic heterocycles. The van der Waals surface area contributed by atoms with Gasteiger partial charge < -0.3 is 10.2 Å². The number of rotatable bonds is 2.